The minimum atomic E-state index is 0.347. The van der Waals surface area contributed by atoms with Gasteiger partial charge in [-0.2, -0.15) is 4.98 Å². The molecule has 5 nitrogen and oxygen atoms in total. The van der Waals surface area contributed by atoms with Crippen LogP contribution in [0.5, 0.6) is 0 Å². The molecule has 1 saturated carbocycles. The molecule has 78 valence electrons. The molecule has 1 aliphatic carbocycles. The van der Waals surface area contributed by atoms with Gasteiger partial charge in [0.1, 0.15) is 0 Å². The minimum absolute atomic E-state index is 0.347. The zero-order chi connectivity index (χ0) is 10.3. The molecule has 15 heavy (non-hydrogen) atoms. The molecule has 5 heteroatoms. The summed E-state index contributed by atoms with van der Waals surface area (Å²) in [6.07, 6.45) is 3.91. The Bertz CT molecular complexity index is 438. The summed E-state index contributed by atoms with van der Waals surface area (Å²) in [6.45, 7) is 0. The Morgan fingerprint density at radius 1 is 1.40 bits per heavy atom. The van der Waals surface area contributed by atoms with Crippen LogP contribution in [0.1, 0.15) is 12.8 Å². The third kappa shape index (κ3) is 1.55. The topological polar surface area (TPSA) is 68.2 Å². The molecule has 3 N–H and O–H groups in total. The van der Waals surface area contributed by atoms with Crippen LogP contribution in [0.3, 0.4) is 0 Å². The molecule has 0 atom stereocenters. The van der Waals surface area contributed by atoms with Gasteiger partial charge in [-0.3, -0.25) is 0 Å². The predicted octanol–water partition coefficient (Wildman–Crippen LogP) is 0.631. The highest BCUT2D eigenvalue weighted by Gasteiger charge is 2.26. The van der Waals surface area contributed by atoms with Gasteiger partial charge in [0.05, 0.1) is 0 Å². The number of hydrogen-bond donors (Lipinski definition) is 2. The Morgan fingerprint density at radius 3 is 3.00 bits per heavy atom. The van der Waals surface area contributed by atoms with Crippen LogP contribution in [-0.2, 0) is 0 Å². The number of nitrogens with zero attached hydrogens (tertiary/aromatic N) is 3. The van der Waals surface area contributed by atoms with Crippen LogP contribution in [0.4, 0.5) is 5.95 Å². The molecule has 2 aromatic heterocycles. The molecule has 2 heterocycles. The maximum Gasteiger partial charge on any atom is 0.243 e. The van der Waals surface area contributed by atoms with Gasteiger partial charge in [-0.15, -0.1) is 5.10 Å². The predicted molar refractivity (Wildman–Crippen MR) is 57.6 cm³/mol. The largest absolute Gasteiger partial charge is 0.350 e. The maximum atomic E-state index is 5.71. The van der Waals surface area contributed by atoms with Gasteiger partial charge in [0, 0.05) is 18.3 Å². The fourth-order valence-corrected chi connectivity index (χ4v) is 1.85. The molecule has 0 aromatic carbocycles. The molecule has 1 fully saturated rings. The molecular weight excluding hydrogens is 190 g/mol. The first-order chi connectivity index (χ1) is 7.31. The second kappa shape index (κ2) is 3.20. The highest BCUT2D eigenvalue weighted by atomic mass is 15.3. The molecule has 0 amide bonds. The Hall–Kier alpha value is -1.62. The number of hydrogen-bond acceptors (Lipinski definition) is 4. The Kier molecular flexibility index (Phi) is 1.85. The van der Waals surface area contributed by atoms with Gasteiger partial charge in [-0.1, -0.05) is 6.07 Å². The molecule has 0 radical (unpaired) electrons. The van der Waals surface area contributed by atoms with Crippen molar-refractivity contribution in [2.45, 2.75) is 24.9 Å². The summed E-state index contributed by atoms with van der Waals surface area (Å²) in [6, 6.07) is 6.61. The van der Waals surface area contributed by atoms with E-state index < -0.39 is 0 Å². The van der Waals surface area contributed by atoms with Gasteiger partial charge in [0.25, 0.3) is 0 Å². The van der Waals surface area contributed by atoms with E-state index in [1.165, 1.54) is 0 Å². The first-order valence-electron chi connectivity index (χ1n) is 5.15. The second-order valence-electron chi connectivity index (χ2n) is 4.01. The fraction of sp³-hybridized carbons (Fsp3) is 0.400. The van der Waals surface area contributed by atoms with Crippen LogP contribution in [0.15, 0.2) is 24.4 Å². The molecule has 0 unspecified atom stereocenters. The fourth-order valence-electron chi connectivity index (χ4n) is 1.85. The number of rotatable bonds is 2. The third-order valence-corrected chi connectivity index (χ3v) is 2.75. The van der Waals surface area contributed by atoms with Gasteiger partial charge in [-0.05, 0) is 25.0 Å². The number of aromatic nitrogens is 3. The molecular formula is C10H13N5. The normalized spacial score (nSPS) is 25.1. The van der Waals surface area contributed by atoms with Gasteiger partial charge >= 0.3 is 0 Å². The second-order valence-corrected chi connectivity index (χ2v) is 4.01. The van der Waals surface area contributed by atoms with E-state index in [-0.39, 0.29) is 0 Å². The van der Waals surface area contributed by atoms with Crippen molar-refractivity contribution in [3.8, 4) is 0 Å². The molecule has 1 aliphatic rings. The zero-order valence-electron chi connectivity index (χ0n) is 8.30. The number of fused-ring (bicyclic) bond motifs is 1. The van der Waals surface area contributed by atoms with Crippen molar-refractivity contribution < 1.29 is 0 Å². The molecule has 3 rings (SSSR count). The van der Waals surface area contributed by atoms with Crippen LogP contribution in [0.2, 0.25) is 0 Å². The molecule has 0 saturated heterocycles. The average molecular weight is 203 g/mol. The van der Waals surface area contributed by atoms with Crippen molar-refractivity contribution in [2.75, 3.05) is 5.32 Å². The van der Waals surface area contributed by atoms with Crippen molar-refractivity contribution in [1.82, 2.24) is 14.6 Å². The van der Waals surface area contributed by atoms with Gasteiger partial charge in [-0.25, -0.2) is 4.52 Å². The summed E-state index contributed by atoms with van der Waals surface area (Å²) < 4.78 is 1.76. The van der Waals surface area contributed by atoms with E-state index in [0.717, 1.165) is 18.5 Å². The Morgan fingerprint density at radius 2 is 2.27 bits per heavy atom. The van der Waals surface area contributed by atoms with Crippen molar-refractivity contribution in [3.05, 3.63) is 24.4 Å². The summed E-state index contributed by atoms with van der Waals surface area (Å²) in [7, 11) is 0. The van der Waals surface area contributed by atoms with Crippen LogP contribution >= 0.6 is 0 Å². The van der Waals surface area contributed by atoms with Gasteiger partial charge < -0.3 is 11.1 Å². The highest BCUT2D eigenvalue weighted by molar-refractivity contribution is 5.43. The third-order valence-electron chi connectivity index (χ3n) is 2.75. The van der Waals surface area contributed by atoms with E-state index >= 15 is 0 Å². The maximum absolute atomic E-state index is 5.71. The van der Waals surface area contributed by atoms with Gasteiger partial charge in [0.15, 0.2) is 5.65 Å². The monoisotopic (exact) mass is 203 g/mol. The van der Waals surface area contributed by atoms with E-state index in [4.69, 9.17) is 5.73 Å². The first-order valence-corrected chi connectivity index (χ1v) is 5.15. The van der Waals surface area contributed by atoms with E-state index in [1.54, 1.807) is 4.52 Å². The van der Waals surface area contributed by atoms with Gasteiger partial charge in [0.2, 0.25) is 5.95 Å². The first kappa shape index (κ1) is 8.67. The van der Waals surface area contributed by atoms with Crippen molar-refractivity contribution in [3.63, 3.8) is 0 Å². The van der Waals surface area contributed by atoms with Crippen LogP contribution < -0.4 is 11.1 Å². The lowest BCUT2D eigenvalue weighted by molar-refractivity contribution is 0.372. The van der Waals surface area contributed by atoms with Crippen LogP contribution in [0.25, 0.3) is 5.65 Å². The Balaban J connectivity index is 1.80. The van der Waals surface area contributed by atoms with E-state index in [2.05, 4.69) is 15.4 Å². The lowest BCUT2D eigenvalue weighted by Crippen LogP contribution is -2.44. The summed E-state index contributed by atoms with van der Waals surface area (Å²) in [5.41, 5.74) is 6.58. The molecule has 0 aliphatic heterocycles. The minimum Gasteiger partial charge on any atom is -0.350 e. The smallest absolute Gasteiger partial charge is 0.243 e. The lowest BCUT2D eigenvalue weighted by Gasteiger charge is -2.32. The SMILES string of the molecule is NC1CC(Nc2nc3ccccn3n2)C1. The molecule has 0 bridgehead atoms. The summed E-state index contributed by atoms with van der Waals surface area (Å²) >= 11 is 0. The molecule has 2 aromatic rings. The lowest BCUT2D eigenvalue weighted by atomic mass is 9.88. The number of nitrogens with one attached hydrogen (secondary N) is 1. The standard InChI is InChI=1S/C10H13N5/c11-7-5-8(6-7)12-10-13-9-3-1-2-4-15(9)14-10/h1-4,7-8H,5-6,11H2,(H,12,14). The highest BCUT2D eigenvalue weighted by Crippen LogP contribution is 2.21. The van der Waals surface area contributed by atoms with Crippen molar-refractivity contribution in [1.29, 1.82) is 0 Å². The number of nitrogens with two attached hydrogens (primary N) is 1. The van der Waals surface area contributed by atoms with E-state index in [1.807, 2.05) is 24.4 Å². The van der Waals surface area contributed by atoms with Crippen molar-refractivity contribution >= 4 is 11.6 Å². The number of anilines is 1. The quantitative estimate of drug-likeness (QED) is 0.751. The van der Waals surface area contributed by atoms with E-state index in [9.17, 15) is 0 Å². The van der Waals surface area contributed by atoms with Crippen molar-refractivity contribution in [2.24, 2.45) is 5.73 Å². The number of pyridine rings is 1. The summed E-state index contributed by atoms with van der Waals surface area (Å²) in [5, 5.41) is 7.59. The summed E-state index contributed by atoms with van der Waals surface area (Å²) in [4.78, 5) is 4.36. The Labute approximate surface area is 87.3 Å². The average Bonchev–Trinajstić information content (AvgIpc) is 2.57. The van der Waals surface area contributed by atoms with Crippen LogP contribution in [-0.4, -0.2) is 26.7 Å². The van der Waals surface area contributed by atoms with Crippen LogP contribution in [0, 0.1) is 0 Å². The molecule has 0 spiro atoms. The summed E-state index contributed by atoms with van der Waals surface area (Å²) in [5.74, 6) is 0.693. The van der Waals surface area contributed by atoms with E-state index in [0.29, 0.717) is 18.0 Å². The zero-order valence-corrected chi connectivity index (χ0v) is 8.30.